The Labute approximate surface area is 161 Å². The van der Waals surface area contributed by atoms with Crippen LogP contribution >= 0.6 is 0 Å². The largest absolute Gasteiger partial charge is 0.458 e. The Balaban J connectivity index is 1.45. The number of hydrogen-bond donors (Lipinski definition) is 0. The van der Waals surface area contributed by atoms with Gasteiger partial charge in [-0.15, -0.1) is 0 Å². The standard InChI is InChI=1S/C23H30O4/c1-17(13-15-26-23-12-5-6-14-25-23)16-22(24)27-18(2)20-11-7-9-19-8-3-4-10-21(19)20/h3-4,7-11,17-18,23H,5-6,12-16H2,1-2H3/t17-,18-,23?/m1/s1. The van der Waals surface area contributed by atoms with Crippen LogP contribution in [0.1, 0.15) is 57.6 Å². The molecule has 27 heavy (non-hydrogen) atoms. The normalized spacial score (nSPS) is 19.6. The SMILES string of the molecule is C[C@H](CCOC1CCCCO1)CC(=O)O[C@H](C)c1cccc2ccccc12. The zero-order valence-corrected chi connectivity index (χ0v) is 16.4. The minimum atomic E-state index is -0.261. The summed E-state index contributed by atoms with van der Waals surface area (Å²) < 4.78 is 17.0. The van der Waals surface area contributed by atoms with Crippen LogP contribution in [-0.2, 0) is 19.0 Å². The van der Waals surface area contributed by atoms with Crippen molar-refractivity contribution in [2.45, 2.75) is 58.3 Å². The van der Waals surface area contributed by atoms with E-state index in [1.54, 1.807) is 0 Å². The van der Waals surface area contributed by atoms with Crippen molar-refractivity contribution >= 4 is 16.7 Å². The Kier molecular flexibility index (Phi) is 7.25. The molecule has 1 heterocycles. The second-order valence-electron chi connectivity index (χ2n) is 7.47. The average Bonchev–Trinajstić information content (AvgIpc) is 2.68. The van der Waals surface area contributed by atoms with Gasteiger partial charge in [-0.25, -0.2) is 0 Å². The van der Waals surface area contributed by atoms with Gasteiger partial charge in [0.1, 0.15) is 6.10 Å². The van der Waals surface area contributed by atoms with Crippen molar-refractivity contribution in [2.75, 3.05) is 13.2 Å². The minimum absolute atomic E-state index is 0.0655. The third kappa shape index (κ3) is 5.78. The molecule has 0 radical (unpaired) electrons. The van der Waals surface area contributed by atoms with Gasteiger partial charge in [0.2, 0.25) is 0 Å². The highest BCUT2D eigenvalue weighted by atomic mass is 16.7. The summed E-state index contributed by atoms with van der Waals surface area (Å²) in [7, 11) is 0. The van der Waals surface area contributed by atoms with Gasteiger partial charge < -0.3 is 14.2 Å². The van der Waals surface area contributed by atoms with Crippen LogP contribution in [0.25, 0.3) is 10.8 Å². The van der Waals surface area contributed by atoms with Gasteiger partial charge in [-0.3, -0.25) is 4.79 Å². The van der Waals surface area contributed by atoms with Crippen molar-refractivity contribution in [3.05, 3.63) is 48.0 Å². The first kappa shape index (κ1) is 19.8. The summed E-state index contributed by atoms with van der Waals surface area (Å²) in [5, 5.41) is 2.29. The lowest BCUT2D eigenvalue weighted by Gasteiger charge is -2.23. The number of fused-ring (bicyclic) bond motifs is 1. The molecule has 0 spiro atoms. The molecule has 0 N–H and O–H groups in total. The minimum Gasteiger partial charge on any atom is -0.458 e. The van der Waals surface area contributed by atoms with Crippen LogP contribution in [0, 0.1) is 5.92 Å². The van der Waals surface area contributed by atoms with Gasteiger partial charge in [-0.2, -0.15) is 0 Å². The first-order chi connectivity index (χ1) is 13.1. The summed E-state index contributed by atoms with van der Waals surface area (Å²) in [6, 6.07) is 14.3. The zero-order chi connectivity index (χ0) is 19.1. The van der Waals surface area contributed by atoms with Gasteiger partial charge in [-0.05, 0) is 54.9 Å². The van der Waals surface area contributed by atoms with Crippen molar-refractivity contribution in [3.63, 3.8) is 0 Å². The summed E-state index contributed by atoms with van der Waals surface area (Å²) in [6.45, 7) is 5.42. The Bertz CT molecular complexity index is 731. The van der Waals surface area contributed by atoms with Crippen molar-refractivity contribution in [1.82, 2.24) is 0 Å². The molecular formula is C23H30O4. The number of hydrogen-bond acceptors (Lipinski definition) is 4. The molecule has 0 amide bonds. The Morgan fingerprint density at radius 2 is 1.96 bits per heavy atom. The molecule has 1 aliphatic rings. The molecule has 4 nitrogen and oxygen atoms in total. The first-order valence-corrected chi connectivity index (χ1v) is 10.0. The summed E-state index contributed by atoms with van der Waals surface area (Å²) in [5.74, 6) is 0.0673. The van der Waals surface area contributed by atoms with E-state index in [0.717, 1.165) is 42.2 Å². The molecule has 0 bridgehead atoms. The molecule has 0 aromatic heterocycles. The van der Waals surface area contributed by atoms with Gasteiger partial charge >= 0.3 is 5.97 Å². The first-order valence-electron chi connectivity index (χ1n) is 10.0. The summed E-state index contributed by atoms with van der Waals surface area (Å²) in [6.07, 6.45) is 4.17. The molecule has 4 heteroatoms. The van der Waals surface area contributed by atoms with Crippen LogP contribution in [-0.4, -0.2) is 25.5 Å². The van der Waals surface area contributed by atoms with Gasteiger partial charge in [0, 0.05) is 19.6 Å². The van der Waals surface area contributed by atoms with E-state index in [-0.39, 0.29) is 24.3 Å². The van der Waals surface area contributed by atoms with Gasteiger partial charge in [0.25, 0.3) is 0 Å². The zero-order valence-electron chi connectivity index (χ0n) is 16.4. The highest BCUT2D eigenvalue weighted by Crippen LogP contribution is 2.27. The van der Waals surface area contributed by atoms with Gasteiger partial charge in [-0.1, -0.05) is 49.4 Å². The lowest BCUT2D eigenvalue weighted by Crippen LogP contribution is -2.23. The molecule has 0 saturated carbocycles. The topological polar surface area (TPSA) is 44.8 Å². The van der Waals surface area contributed by atoms with E-state index in [2.05, 4.69) is 25.1 Å². The van der Waals surface area contributed by atoms with E-state index in [1.165, 1.54) is 6.42 Å². The molecule has 1 saturated heterocycles. The molecule has 1 aliphatic heterocycles. The molecule has 1 unspecified atom stereocenters. The van der Waals surface area contributed by atoms with Crippen molar-refractivity contribution in [1.29, 1.82) is 0 Å². The summed E-state index contributed by atoms with van der Waals surface area (Å²) in [5.41, 5.74) is 1.05. The number of carbonyl (C=O) groups is 1. The third-order valence-corrected chi connectivity index (χ3v) is 5.14. The number of carbonyl (C=O) groups excluding carboxylic acids is 1. The number of benzene rings is 2. The highest BCUT2D eigenvalue weighted by molar-refractivity contribution is 5.86. The fraction of sp³-hybridized carbons (Fsp3) is 0.522. The van der Waals surface area contributed by atoms with Crippen LogP contribution in [0.3, 0.4) is 0 Å². The third-order valence-electron chi connectivity index (χ3n) is 5.14. The summed E-state index contributed by atoms with van der Waals surface area (Å²) >= 11 is 0. The van der Waals surface area contributed by atoms with Gasteiger partial charge in [0.15, 0.2) is 6.29 Å². The van der Waals surface area contributed by atoms with Crippen LogP contribution in [0.2, 0.25) is 0 Å². The predicted octanol–water partition coefficient (Wildman–Crippen LogP) is 5.40. The van der Waals surface area contributed by atoms with E-state index in [9.17, 15) is 4.79 Å². The molecular weight excluding hydrogens is 340 g/mol. The number of ether oxygens (including phenoxy) is 3. The fourth-order valence-electron chi connectivity index (χ4n) is 3.54. The molecule has 146 valence electrons. The quantitative estimate of drug-likeness (QED) is 0.583. The summed E-state index contributed by atoms with van der Waals surface area (Å²) in [4.78, 5) is 12.4. The molecule has 0 aliphatic carbocycles. The monoisotopic (exact) mass is 370 g/mol. The van der Waals surface area contributed by atoms with Gasteiger partial charge in [0.05, 0.1) is 0 Å². The predicted molar refractivity (Wildman–Crippen MR) is 106 cm³/mol. The molecule has 2 aromatic carbocycles. The fourth-order valence-corrected chi connectivity index (χ4v) is 3.54. The molecule has 1 fully saturated rings. The number of rotatable bonds is 8. The Morgan fingerprint density at radius 1 is 1.15 bits per heavy atom. The van der Waals surface area contributed by atoms with Crippen molar-refractivity contribution in [3.8, 4) is 0 Å². The van der Waals surface area contributed by atoms with E-state index in [0.29, 0.717) is 13.0 Å². The van der Waals surface area contributed by atoms with E-state index in [1.807, 2.05) is 31.2 Å². The Morgan fingerprint density at radius 3 is 2.78 bits per heavy atom. The van der Waals surface area contributed by atoms with E-state index < -0.39 is 0 Å². The maximum Gasteiger partial charge on any atom is 0.306 e. The maximum atomic E-state index is 12.4. The van der Waals surface area contributed by atoms with Crippen molar-refractivity contribution in [2.24, 2.45) is 5.92 Å². The van der Waals surface area contributed by atoms with E-state index >= 15 is 0 Å². The smallest absolute Gasteiger partial charge is 0.306 e. The Hall–Kier alpha value is -1.91. The molecule has 2 aromatic rings. The number of esters is 1. The molecule has 3 rings (SSSR count). The lowest BCUT2D eigenvalue weighted by atomic mass is 10.0. The second kappa shape index (κ2) is 9.86. The average molecular weight is 370 g/mol. The molecule has 3 atom stereocenters. The van der Waals surface area contributed by atoms with Crippen LogP contribution in [0.15, 0.2) is 42.5 Å². The second-order valence-corrected chi connectivity index (χ2v) is 7.47. The van der Waals surface area contributed by atoms with Crippen LogP contribution < -0.4 is 0 Å². The lowest BCUT2D eigenvalue weighted by molar-refractivity contribution is -0.164. The highest BCUT2D eigenvalue weighted by Gasteiger charge is 2.18. The maximum absolute atomic E-state index is 12.4. The van der Waals surface area contributed by atoms with E-state index in [4.69, 9.17) is 14.2 Å². The van der Waals surface area contributed by atoms with Crippen LogP contribution in [0.5, 0.6) is 0 Å². The van der Waals surface area contributed by atoms with Crippen molar-refractivity contribution < 1.29 is 19.0 Å². The van der Waals surface area contributed by atoms with Crippen LogP contribution in [0.4, 0.5) is 0 Å².